The van der Waals surface area contributed by atoms with E-state index in [4.69, 9.17) is 10.00 Å². The van der Waals surface area contributed by atoms with E-state index in [9.17, 15) is 4.79 Å². The Kier molecular flexibility index (Phi) is 3.88. The van der Waals surface area contributed by atoms with Crippen molar-refractivity contribution in [1.82, 2.24) is 24.6 Å². The number of hydrogen-bond acceptors (Lipinski definition) is 5. The maximum absolute atomic E-state index is 12.9. The molecule has 23 heavy (non-hydrogen) atoms. The summed E-state index contributed by atoms with van der Waals surface area (Å²) in [7, 11) is 3.39. The first-order chi connectivity index (χ1) is 11.0. The first kappa shape index (κ1) is 15.2. The molecule has 1 amide bonds. The normalized spacial score (nSPS) is 20.7. The zero-order valence-corrected chi connectivity index (χ0v) is 13.3. The van der Waals surface area contributed by atoms with Crippen LogP contribution in [0.15, 0.2) is 12.3 Å². The predicted octanol–water partition coefficient (Wildman–Crippen LogP) is 0.925. The number of methoxy groups -OCH3 is 1. The standard InChI is InChI=1S/C15H18N6O2/c1-9-17-14(19-18-9)12-5-11(23-3)8-21(12)15(22)13-4-10(6-16)7-20(13)2/h4,7,11-12H,5,8H2,1-3H3,(H,17,18,19)/t11-,12+/m1/s1. The highest BCUT2D eigenvalue weighted by molar-refractivity contribution is 5.93. The van der Waals surface area contributed by atoms with Crippen LogP contribution in [0, 0.1) is 18.3 Å². The van der Waals surface area contributed by atoms with Crippen molar-refractivity contribution in [1.29, 1.82) is 5.26 Å². The molecule has 0 aliphatic carbocycles. The van der Waals surface area contributed by atoms with Gasteiger partial charge in [-0.25, -0.2) is 4.98 Å². The quantitative estimate of drug-likeness (QED) is 0.908. The molecule has 120 valence electrons. The molecule has 0 unspecified atom stereocenters. The average Bonchev–Trinajstić information content (AvgIpc) is 3.23. The molecule has 1 N–H and O–H groups in total. The van der Waals surface area contributed by atoms with E-state index in [2.05, 4.69) is 21.3 Å². The molecule has 3 rings (SSSR count). The van der Waals surface area contributed by atoms with Crippen LogP contribution in [0.3, 0.4) is 0 Å². The summed E-state index contributed by atoms with van der Waals surface area (Å²) in [6, 6.07) is 3.42. The molecule has 1 aliphatic heterocycles. The topological polar surface area (TPSA) is 99.8 Å². The second-order valence-corrected chi connectivity index (χ2v) is 5.68. The summed E-state index contributed by atoms with van der Waals surface area (Å²) in [5, 5.41) is 16.0. The monoisotopic (exact) mass is 314 g/mol. The molecule has 1 fully saturated rings. The number of carbonyl (C=O) groups is 1. The number of H-pyrrole nitrogens is 1. The SMILES string of the molecule is CO[C@@H]1C[C@@H](c2n[nH]c(C)n2)N(C(=O)c2cc(C#N)cn2C)C1. The number of nitrogens with one attached hydrogen (secondary N) is 1. The van der Waals surface area contributed by atoms with Crippen LogP contribution in [0.25, 0.3) is 0 Å². The summed E-state index contributed by atoms with van der Waals surface area (Å²) >= 11 is 0. The second kappa shape index (κ2) is 5.85. The molecule has 0 aromatic carbocycles. The molecule has 3 heterocycles. The fourth-order valence-electron chi connectivity index (χ4n) is 2.93. The van der Waals surface area contributed by atoms with E-state index >= 15 is 0 Å². The fourth-order valence-corrected chi connectivity index (χ4v) is 2.93. The molecular weight excluding hydrogens is 296 g/mol. The van der Waals surface area contributed by atoms with Crippen molar-refractivity contribution in [2.75, 3.05) is 13.7 Å². The first-order valence-corrected chi connectivity index (χ1v) is 7.32. The number of likely N-dealkylation sites (tertiary alicyclic amines) is 1. The van der Waals surface area contributed by atoms with Gasteiger partial charge in [0.05, 0.1) is 17.7 Å². The van der Waals surface area contributed by atoms with Gasteiger partial charge >= 0.3 is 0 Å². The summed E-state index contributed by atoms with van der Waals surface area (Å²) in [5.74, 6) is 1.14. The Hall–Kier alpha value is -2.66. The molecule has 2 aromatic heterocycles. The lowest BCUT2D eigenvalue weighted by Crippen LogP contribution is -2.33. The van der Waals surface area contributed by atoms with Gasteiger partial charge in [-0.2, -0.15) is 10.4 Å². The smallest absolute Gasteiger partial charge is 0.271 e. The van der Waals surface area contributed by atoms with Crippen molar-refractivity contribution in [3.05, 3.63) is 35.2 Å². The summed E-state index contributed by atoms with van der Waals surface area (Å²) < 4.78 is 7.09. The predicted molar refractivity (Wildman–Crippen MR) is 80.4 cm³/mol. The minimum Gasteiger partial charge on any atom is -0.380 e. The Morgan fingerprint density at radius 3 is 2.91 bits per heavy atom. The third-order valence-electron chi connectivity index (χ3n) is 4.12. The van der Waals surface area contributed by atoms with Crippen LogP contribution in [0.5, 0.6) is 0 Å². The summed E-state index contributed by atoms with van der Waals surface area (Å²) in [6.07, 6.45) is 2.23. The van der Waals surface area contributed by atoms with E-state index in [0.29, 0.717) is 35.9 Å². The Morgan fingerprint density at radius 1 is 1.57 bits per heavy atom. The van der Waals surface area contributed by atoms with Crippen molar-refractivity contribution in [3.8, 4) is 6.07 Å². The Balaban J connectivity index is 1.93. The molecule has 0 spiro atoms. The highest BCUT2D eigenvalue weighted by atomic mass is 16.5. The lowest BCUT2D eigenvalue weighted by molar-refractivity contribution is 0.0675. The number of ether oxygens (including phenoxy) is 1. The molecule has 8 heteroatoms. The van der Waals surface area contributed by atoms with Crippen molar-refractivity contribution in [3.63, 3.8) is 0 Å². The molecule has 2 atom stereocenters. The van der Waals surface area contributed by atoms with E-state index in [1.54, 1.807) is 35.9 Å². The molecule has 1 saturated heterocycles. The molecule has 0 bridgehead atoms. The van der Waals surface area contributed by atoms with Gasteiger partial charge in [0, 0.05) is 33.3 Å². The van der Waals surface area contributed by atoms with Crippen LogP contribution in [0.1, 0.15) is 40.2 Å². The van der Waals surface area contributed by atoms with Gasteiger partial charge in [-0.3, -0.25) is 9.89 Å². The number of hydrogen-bond donors (Lipinski definition) is 1. The molecule has 2 aromatic rings. The lowest BCUT2D eigenvalue weighted by atomic mass is 10.2. The Morgan fingerprint density at radius 2 is 2.35 bits per heavy atom. The minimum atomic E-state index is -0.238. The van der Waals surface area contributed by atoms with Gasteiger partial charge in [-0.15, -0.1) is 0 Å². The van der Waals surface area contributed by atoms with Gasteiger partial charge in [-0.05, 0) is 13.0 Å². The van der Waals surface area contributed by atoms with Crippen LogP contribution >= 0.6 is 0 Å². The number of aryl methyl sites for hydroxylation is 2. The van der Waals surface area contributed by atoms with Gasteiger partial charge in [0.15, 0.2) is 5.82 Å². The van der Waals surface area contributed by atoms with Crippen molar-refractivity contribution in [2.24, 2.45) is 7.05 Å². The number of aromatic nitrogens is 4. The molecule has 0 saturated carbocycles. The van der Waals surface area contributed by atoms with E-state index in [1.807, 2.05) is 6.92 Å². The molecule has 8 nitrogen and oxygen atoms in total. The molecule has 1 aliphatic rings. The van der Waals surface area contributed by atoms with Crippen molar-refractivity contribution in [2.45, 2.75) is 25.5 Å². The Bertz CT molecular complexity index is 771. The Labute approximate surface area is 133 Å². The summed E-state index contributed by atoms with van der Waals surface area (Å²) in [5.41, 5.74) is 0.930. The zero-order valence-electron chi connectivity index (χ0n) is 13.3. The maximum Gasteiger partial charge on any atom is 0.271 e. The third kappa shape index (κ3) is 2.71. The summed E-state index contributed by atoms with van der Waals surface area (Å²) in [4.78, 5) is 19.0. The van der Waals surface area contributed by atoms with Gasteiger partial charge in [0.2, 0.25) is 0 Å². The fraction of sp³-hybridized carbons (Fsp3) is 0.467. The number of aromatic amines is 1. The van der Waals surface area contributed by atoms with E-state index in [-0.39, 0.29) is 18.1 Å². The van der Waals surface area contributed by atoms with Crippen molar-refractivity contribution >= 4 is 5.91 Å². The number of rotatable bonds is 3. The highest BCUT2D eigenvalue weighted by Gasteiger charge is 2.39. The van der Waals surface area contributed by atoms with Crippen LogP contribution in [0.2, 0.25) is 0 Å². The maximum atomic E-state index is 12.9. The number of amides is 1. The lowest BCUT2D eigenvalue weighted by Gasteiger charge is -2.22. The van der Waals surface area contributed by atoms with Gasteiger partial charge < -0.3 is 14.2 Å². The number of nitriles is 1. The first-order valence-electron chi connectivity index (χ1n) is 7.32. The van der Waals surface area contributed by atoms with Crippen LogP contribution in [0.4, 0.5) is 0 Å². The van der Waals surface area contributed by atoms with Crippen molar-refractivity contribution < 1.29 is 9.53 Å². The third-order valence-corrected chi connectivity index (χ3v) is 4.12. The van der Waals surface area contributed by atoms with Crippen LogP contribution in [-0.2, 0) is 11.8 Å². The average molecular weight is 314 g/mol. The van der Waals surface area contributed by atoms with E-state index < -0.39 is 0 Å². The largest absolute Gasteiger partial charge is 0.380 e. The number of nitrogens with zero attached hydrogens (tertiary/aromatic N) is 5. The van der Waals surface area contributed by atoms with E-state index in [0.717, 1.165) is 0 Å². The van der Waals surface area contributed by atoms with Crippen LogP contribution in [-0.4, -0.2) is 50.3 Å². The van der Waals surface area contributed by atoms with Crippen LogP contribution < -0.4 is 0 Å². The van der Waals surface area contributed by atoms with E-state index in [1.165, 1.54) is 0 Å². The minimum absolute atomic E-state index is 0.0570. The highest BCUT2D eigenvalue weighted by Crippen LogP contribution is 2.32. The number of carbonyl (C=O) groups excluding carboxylic acids is 1. The summed E-state index contributed by atoms with van der Waals surface area (Å²) in [6.45, 7) is 2.29. The van der Waals surface area contributed by atoms with Gasteiger partial charge in [-0.1, -0.05) is 0 Å². The second-order valence-electron chi connectivity index (χ2n) is 5.68. The molecule has 0 radical (unpaired) electrons. The van der Waals surface area contributed by atoms with Gasteiger partial charge in [0.1, 0.15) is 17.6 Å². The van der Waals surface area contributed by atoms with Gasteiger partial charge in [0.25, 0.3) is 5.91 Å². The molecular formula is C15H18N6O2. The zero-order chi connectivity index (χ0) is 16.6.